The number of amides is 1. The minimum Gasteiger partial charge on any atom is -0.348 e. The summed E-state index contributed by atoms with van der Waals surface area (Å²) in [5, 5.41) is 3.57. The number of nitrogens with one attached hydrogen (secondary N) is 1. The number of rotatable bonds is 2. The minimum absolute atomic E-state index is 0.168. The van der Waals surface area contributed by atoms with Crippen molar-refractivity contribution >= 4 is 22.9 Å². The van der Waals surface area contributed by atoms with Crippen LogP contribution in [-0.2, 0) is 4.79 Å². The number of halogens is 1. The first-order valence-electron chi connectivity index (χ1n) is 6.40. The zero-order valence-corrected chi connectivity index (χ0v) is 11.8. The van der Waals surface area contributed by atoms with Gasteiger partial charge in [0.2, 0.25) is 5.91 Å². The van der Waals surface area contributed by atoms with Crippen molar-refractivity contribution in [3.05, 3.63) is 47.9 Å². The van der Waals surface area contributed by atoms with Crippen molar-refractivity contribution in [2.24, 2.45) is 0 Å². The molecule has 1 amide bonds. The molecule has 0 aliphatic carbocycles. The Kier molecular flexibility index (Phi) is 3.84. The molecule has 1 N–H and O–H groups in total. The van der Waals surface area contributed by atoms with Crippen molar-refractivity contribution < 1.29 is 9.18 Å². The van der Waals surface area contributed by atoms with Crippen molar-refractivity contribution in [1.29, 1.82) is 0 Å². The molecule has 0 saturated heterocycles. The molecule has 0 spiro atoms. The molecule has 0 fully saturated rings. The second-order valence-electron chi connectivity index (χ2n) is 5.65. The lowest BCUT2D eigenvalue weighted by Crippen LogP contribution is -2.39. The lowest BCUT2D eigenvalue weighted by molar-refractivity contribution is -0.117. The van der Waals surface area contributed by atoms with Gasteiger partial charge < -0.3 is 5.32 Å². The monoisotopic (exact) mass is 272 g/mol. The van der Waals surface area contributed by atoms with Crippen LogP contribution in [0, 0.1) is 5.82 Å². The first-order chi connectivity index (χ1) is 9.33. The Morgan fingerprint density at radius 2 is 2.00 bits per heavy atom. The Morgan fingerprint density at radius 3 is 2.70 bits per heavy atom. The predicted octanol–water partition coefficient (Wildman–Crippen LogP) is 3.30. The van der Waals surface area contributed by atoms with E-state index in [2.05, 4.69) is 10.3 Å². The van der Waals surface area contributed by atoms with Gasteiger partial charge in [-0.3, -0.25) is 4.79 Å². The van der Waals surface area contributed by atoms with Crippen LogP contribution in [0.3, 0.4) is 0 Å². The molecular formula is C16H17FN2O. The Labute approximate surface area is 117 Å². The molecule has 20 heavy (non-hydrogen) atoms. The maximum atomic E-state index is 13.1. The lowest BCUT2D eigenvalue weighted by atomic mass is 10.1. The number of pyridine rings is 1. The average molecular weight is 272 g/mol. The summed E-state index contributed by atoms with van der Waals surface area (Å²) < 4.78 is 13.1. The van der Waals surface area contributed by atoms with E-state index < -0.39 is 0 Å². The van der Waals surface area contributed by atoms with Crippen LogP contribution in [0.1, 0.15) is 26.5 Å². The van der Waals surface area contributed by atoms with Crippen molar-refractivity contribution in [1.82, 2.24) is 10.3 Å². The number of nitrogens with zero attached hydrogens (tertiary/aromatic N) is 1. The van der Waals surface area contributed by atoms with Gasteiger partial charge in [0.25, 0.3) is 0 Å². The lowest BCUT2D eigenvalue weighted by Gasteiger charge is -2.18. The van der Waals surface area contributed by atoms with Crippen molar-refractivity contribution in [2.75, 3.05) is 0 Å². The van der Waals surface area contributed by atoms with E-state index in [-0.39, 0.29) is 17.3 Å². The van der Waals surface area contributed by atoms with Crippen LogP contribution in [-0.4, -0.2) is 16.4 Å². The molecule has 1 aromatic heterocycles. The summed E-state index contributed by atoms with van der Waals surface area (Å²) in [5.74, 6) is -0.453. The van der Waals surface area contributed by atoms with Gasteiger partial charge in [-0.25, -0.2) is 9.37 Å². The van der Waals surface area contributed by atoms with Gasteiger partial charge in [-0.2, -0.15) is 0 Å². The number of carbonyl (C=O) groups is 1. The van der Waals surface area contributed by atoms with Crippen LogP contribution in [0.5, 0.6) is 0 Å². The van der Waals surface area contributed by atoms with Crippen LogP contribution < -0.4 is 5.32 Å². The smallest absolute Gasteiger partial charge is 0.244 e. The number of aromatic nitrogens is 1. The van der Waals surface area contributed by atoms with E-state index in [0.29, 0.717) is 11.2 Å². The first-order valence-corrected chi connectivity index (χ1v) is 6.40. The summed E-state index contributed by atoms with van der Waals surface area (Å²) in [4.78, 5) is 16.0. The van der Waals surface area contributed by atoms with E-state index in [1.807, 2.05) is 20.8 Å². The molecule has 0 unspecified atom stereocenters. The topological polar surface area (TPSA) is 42.0 Å². The highest BCUT2D eigenvalue weighted by Crippen LogP contribution is 2.14. The van der Waals surface area contributed by atoms with Crippen molar-refractivity contribution in [2.45, 2.75) is 26.3 Å². The van der Waals surface area contributed by atoms with Gasteiger partial charge in [0.1, 0.15) is 5.82 Å². The third-order valence-corrected chi connectivity index (χ3v) is 2.58. The largest absolute Gasteiger partial charge is 0.348 e. The van der Waals surface area contributed by atoms with Crippen LogP contribution in [0.4, 0.5) is 4.39 Å². The van der Waals surface area contributed by atoms with E-state index in [9.17, 15) is 9.18 Å². The normalized spacial score (nSPS) is 12.0. The van der Waals surface area contributed by atoms with E-state index in [4.69, 9.17) is 0 Å². The molecular weight excluding hydrogens is 255 g/mol. The van der Waals surface area contributed by atoms with Crippen molar-refractivity contribution in [3.8, 4) is 0 Å². The molecule has 4 heteroatoms. The number of hydrogen-bond acceptors (Lipinski definition) is 2. The molecule has 104 valence electrons. The summed E-state index contributed by atoms with van der Waals surface area (Å²) in [6, 6.07) is 7.96. The molecule has 0 radical (unpaired) electrons. The fourth-order valence-electron chi connectivity index (χ4n) is 1.78. The zero-order valence-electron chi connectivity index (χ0n) is 11.8. The summed E-state index contributed by atoms with van der Waals surface area (Å²) >= 11 is 0. The summed E-state index contributed by atoms with van der Waals surface area (Å²) in [6.07, 6.45) is 3.09. The fourth-order valence-corrected chi connectivity index (χ4v) is 1.78. The third kappa shape index (κ3) is 3.88. The van der Waals surface area contributed by atoms with Crippen LogP contribution in [0.2, 0.25) is 0 Å². The second kappa shape index (κ2) is 5.41. The Hall–Kier alpha value is -2.23. The van der Waals surface area contributed by atoms with Gasteiger partial charge in [0.05, 0.1) is 11.2 Å². The number of fused-ring (bicyclic) bond motifs is 1. The maximum absolute atomic E-state index is 13.1. The maximum Gasteiger partial charge on any atom is 0.244 e. The Morgan fingerprint density at radius 1 is 1.25 bits per heavy atom. The van der Waals surface area contributed by atoms with Gasteiger partial charge in [-0.1, -0.05) is 6.07 Å². The van der Waals surface area contributed by atoms with Gasteiger partial charge in [-0.15, -0.1) is 0 Å². The Balaban J connectivity index is 2.18. The van der Waals surface area contributed by atoms with Crippen LogP contribution >= 0.6 is 0 Å². The molecule has 3 nitrogen and oxygen atoms in total. The summed E-state index contributed by atoms with van der Waals surface area (Å²) in [6.45, 7) is 5.75. The highest BCUT2D eigenvalue weighted by Gasteiger charge is 2.11. The SMILES string of the molecule is CC(C)(C)NC(=O)/C=C/c1ccc2cc(F)ccc2n1. The number of hydrogen-bond donors (Lipinski definition) is 1. The van der Waals surface area contributed by atoms with Gasteiger partial charge in [0.15, 0.2) is 0 Å². The molecule has 2 aromatic rings. The molecule has 0 aliphatic rings. The second-order valence-corrected chi connectivity index (χ2v) is 5.65. The summed E-state index contributed by atoms with van der Waals surface area (Å²) in [5.41, 5.74) is 1.09. The van der Waals surface area contributed by atoms with Gasteiger partial charge in [0, 0.05) is 17.0 Å². The van der Waals surface area contributed by atoms with E-state index in [1.165, 1.54) is 18.2 Å². The highest BCUT2D eigenvalue weighted by atomic mass is 19.1. The summed E-state index contributed by atoms with van der Waals surface area (Å²) in [7, 11) is 0. The van der Waals surface area contributed by atoms with Crippen molar-refractivity contribution in [3.63, 3.8) is 0 Å². The minimum atomic E-state index is -0.285. The number of benzene rings is 1. The highest BCUT2D eigenvalue weighted by molar-refractivity contribution is 5.92. The number of carbonyl (C=O) groups excluding carboxylic acids is 1. The van der Waals surface area contributed by atoms with Gasteiger partial charge >= 0.3 is 0 Å². The van der Waals surface area contributed by atoms with Gasteiger partial charge in [-0.05, 0) is 51.1 Å². The molecule has 0 atom stereocenters. The van der Waals surface area contributed by atoms with E-state index in [1.54, 1.807) is 24.3 Å². The fraction of sp³-hybridized carbons (Fsp3) is 0.250. The molecule has 2 rings (SSSR count). The first kappa shape index (κ1) is 14.2. The third-order valence-electron chi connectivity index (χ3n) is 2.58. The Bertz CT molecular complexity index is 672. The quantitative estimate of drug-likeness (QED) is 0.852. The standard InChI is InChI=1S/C16H17FN2O/c1-16(2,3)19-15(20)9-7-13-6-4-11-10-12(17)5-8-14(11)18-13/h4-10H,1-3H3,(H,19,20)/b9-7+. The van der Waals surface area contributed by atoms with Crippen LogP contribution in [0.15, 0.2) is 36.4 Å². The molecule has 1 heterocycles. The molecule has 0 bridgehead atoms. The van der Waals surface area contributed by atoms with E-state index >= 15 is 0 Å². The molecule has 0 aliphatic heterocycles. The average Bonchev–Trinajstić information content (AvgIpc) is 2.34. The van der Waals surface area contributed by atoms with Crippen LogP contribution in [0.25, 0.3) is 17.0 Å². The zero-order chi connectivity index (χ0) is 14.8. The molecule has 1 aromatic carbocycles. The molecule has 0 saturated carbocycles. The predicted molar refractivity (Wildman–Crippen MR) is 78.6 cm³/mol. The van der Waals surface area contributed by atoms with E-state index in [0.717, 1.165) is 5.39 Å².